The normalized spacial score (nSPS) is 21.6. The Kier molecular flexibility index (Phi) is 3.36. The lowest BCUT2D eigenvalue weighted by molar-refractivity contribution is -0.124. The zero-order chi connectivity index (χ0) is 16.9. The summed E-state index contributed by atoms with van der Waals surface area (Å²) in [6, 6.07) is 14.4. The number of hydrogen-bond donors (Lipinski definition) is 0. The Morgan fingerprint density at radius 2 is 1.92 bits per heavy atom. The SMILES string of the molecule is C=C(C)C(=O)C(Oc1cccc2c1Cc1ccccc1-2)C1(C)CO1. The molecule has 2 aliphatic rings. The maximum absolute atomic E-state index is 12.5. The molecular weight excluding hydrogens is 300 g/mol. The zero-order valence-electron chi connectivity index (χ0n) is 14.0. The number of epoxide rings is 1. The molecule has 1 aliphatic heterocycles. The number of fused-ring (bicyclic) bond motifs is 3. The van der Waals surface area contributed by atoms with Crippen molar-refractivity contribution in [3.63, 3.8) is 0 Å². The summed E-state index contributed by atoms with van der Waals surface area (Å²) in [6.45, 7) is 7.94. The maximum atomic E-state index is 12.5. The molecule has 0 N–H and O–H groups in total. The minimum atomic E-state index is -0.648. The van der Waals surface area contributed by atoms with E-state index in [-0.39, 0.29) is 5.78 Å². The van der Waals surface area contributed by atoms with E-state index in [4.69, 9.17) is 9.47 Å². The molecule has 2 aromatic carbocycles. The first-order chi connectivity index (χ1) is 11.5. The van der Waals surface area contributed by atoms with E-state index in [1.54, 1.807) is 6.92 Å². The second-order valence-corrected chi connectivity index (χ2v) is 6.86. The van der Waals surface area contributed by atoms with E-state index >= 15 is 0 Å². The highest BCUT2D eigenvalue weighted by Gasteiger charge is 2.52. The Morgan fingerprint density at radius 1 is 1.21 bits per heavy atom. The molecule has 0 radical (unpaired) electrons. The molecule has 1 saturated heterocycles. The van der Waals surface area contributed by atoms with Gasteiger partial charge in [0.25, 0.3) is 0 Å². The van der Waals surface area contributed by atoms with Gasteiger partial charge in [-0.1, -0.05) is 43.0 Å². The van der Waals surface area contributed by atoms with E-state index in [2.05, 4.69) is 30.8 Å². The fraction of sp³-hybridized carbons (Fsp3) is 0.286. The molecule has 3 nitrogen and oxygen atoms in total. The summed E-state index contributed by atoms with van der Waals surface area (Å²) in [5.74, 6) is 0.670. The molecule has 2 atom stereocenters. The number of carbonyl (C=O) groups is 1. The van der Waals surface area contributed by atoms with Crippen molar-refractivity contribution in [1.29, 1.82) is 0 Å². The van der Waals surface area contributed by atoms with Crippen molar-refractivity contribution in [3.8, 4) is 16.9 Å². The molecule has 1 heterocycles. The fourth-order valence-electron chi connectivity index (χ4n) is 3.31. The van der Waals surface area contributed by atoms with Crippen LogP contribution in [-0.4, -0.2) is 24.1 Å². The summed E-state index contributed by atoms with van der Waals surface area (Å²) in [5.41, 5.74) is 4.81. The van der Waals surface area contributed by atoms with Gasteiger partial charge in [0.1, 0.15) is 11.4 Å². The second kappa shape index (κ2) is 5.32. The predicted molar refractivity (Wildman–Crippen MR) is 93.3 cm³/mol. The first-order valence-corrected chi connectivity index (χ1v) is 8.20. The molecule has 1 aliphatic carbocycles. The van der Waals surface area contributed by atoms with Gasteiger partial charge in [0.05, 0.1) is 6.61 Å². The summed E-state index contributed by atoms with van der Waals surface area (Å²) < 4.78 is 11.7. The van der Waals surface area contributed by atoms with Gasteiger partial charge in [-0.25, -0.2) is 0 Å². The average molecular weight is 320 g/mol. The number of carbonyl (C=O) groups excluding carboxylic acids is 1. The van der Waals surface area contributed by atoms with Gasteiger partial charge >= 0.3 is 0 Å². The average Bonchev–Trinajstić information content (AvgIpc) is 3.20. The molecule has 122 valence electrons. The lowest BCUT2D eigenvalue weighted by Gasteiger charge is -2.23. The first kappa shape index (κ1) is 15.2. The largest absolute Gasteiger partial charge is 0.479 e. The highest BCUT2D eigenvalue weighted by Crippen LogP contribution is 2.43. The van der Waals surface area contributed by atoms with Crippen molar-refractivity contribution in [2.24, 2.45) is 0 Å². The van der Waals surface area contributed by atoms with Crippen molar-refractivity contribution in [3.05, 3.63) is 65.7 Å². The van der Waals surface area contributed by atoms with E-state index in [0.717, 1.165) is 17.7 Å². The van der Waals surface area contributed by atoms with Gasteiger partial charge in [0.15, 0.2) is 6.10 Å². The molecular formula is C21H20O3. The number of Topliss-reactive ketones (excluding diaryl/α,β-unsaturated/α-hetero) is 1. The minimum Gasteiger partial charge on any atom is -0.479 e. The Hall–Kier alpha value is -2.39. The summed E-state index contributed by atoms with van der Waals surface area (Å²) >= 11 is 0. The van der Waals surface area contributed by atoms with Gasteiger partial charge in [-0.3, -0.25) is 4.79 Å². The summed E-state index contributed by atoms with van der Waals surface area (Å²) in [4.78, 5) is 12.5. The minimum absolute atomic E-state index is 0.0943. The van der Waals surface area contributed by atoms with Crippen molar-refractivity contribution in [2.45, 2.75) is 32.0 Å². The van der Waals surface area contributed by atoms with Crippen LogP contribution in [0.15, 0.2) is 54.6 Å². The molecule has 4 rings (SSSR count). The van der Waals surface area contributed by atoms with Crippen molar-refractivity contribution < 1.29 is 14.3 Å². The highest BCUT2D eigenvalue weighted by atomic mass is 16.6. The van der Waals surface area contributed by atoms with Gasteiger partial charge < -0.3 is 9.47 Å². The van der Waals surface area contributed by atoms with Crippen molar-refractivity contribution in [1.82, 2.24) is 0 Å². The van der Waals surface area contributed by atoms with Crippen LogP contribution >= 0.6 is 0 Å². The van der Waals surface area contributed by atoms with Gasteiger partial charge in [0, 0.05) is 12.0 Å². The lowest BCUT2D eigenvalue weighted by atomic mass is 9.97. The number of ketones is 1. The third-order valence-electron chi connectivity index (χ3n) is 4.87. The van der Waals surface area contributed by atoms with Gasteiger partial charge in [-0.2, -0.15) is 0 Å². The predicted octanol–water partition coefficient (Wildman–Crippen LogP) is 3.94. The van der Waals surface area contributed by atoms with Crippen LogP contribution in [0, 0.1) is 0 Å². The molecule has 0 spiro atoms. The van der Waals surface area contributed by atoms with Gasteiger partial charge in [-0.15, -0.1) is 0 Å². The quantitative estimate of drug-likeness (QED) is 0.528. The summed E-state index contributed by atoms with van der Waals surface area (Å²) in [5, 5.41) is 0. The van der Waals surface area contributed by atoms with E-state index in [1.807, 2.05) is 25.1 Å². The van der Waals surface area contributed by atoms with Crippen LogP contribution in [0.25, 0.3) is 11.1 Å². The fourth-order valence-corrected chi connectivity index (χ4v) is 3.31. The van der Waals surface area contributed by atoms with E-state index in [0.29, 0.717) is 12.2 Å². The van der Waals surface area contributed by atoms with Crippen LogP contribution in [0.1, 0.15) is 25.0 Å². The standard InChI is InChI=1S/C21H20O3/c1-13(2)19(22)20(21(3)12-23-21)24-18-10-6-9-16-15-8-5-4-7-14(15)11-17(16)18/h4-10,20H,1,11-12H2,2-3H3. The highest BCUT2D eigenvalue weighted by molar-refractivity contribution is 5.99. The molecule has 0 aromatic heterocycles. The molecule has 2 aromatic rings. The zero-order valence-corrected chi connectivity index (χ0v) is 14.0. The van der Waals surface area contributed by atoms with Gasteiger partial charge in [0.2, 0.25) is 5.78 Å². The third kappa shape index (κ3) is 2.36. The summed E-state index contributed by atoms with van der Waals surface area (Å²) in [6.07, 6.45) is 0.179. The maximum Gasteiger partial charge on any atom is 0.201 e. The Bertz CT molecular complexity index is 846. The number of hydrogen-bond acceptors (Lipinski definition) is 3. The molecule has 0 saturated carbocycles. The van der Waals surface area contributed by atoms with E-state index in [1.165, 1.54) is 16.7 Å². The van der Waals surface area contributed by atoms with Gasteiger partial charge in [-0.05, 0) is 42.2 Å². The topological polar surface area (TPSA) is 38.8 Å². The summed E-state index contributed by atoms with van der Waals surface area (Å²) in [7, 11) is 0. The molecule has 1 fully saturated rings. The molecule has 3 heteroatoms. The van der Waals surface area contributed by atoms with Crippen LogP contribution in [0.4, 0.5) is 0 Å². The van der Waals surface area contributed by atoms with Crippen LogP contribution < -0.4 is 4.74 Å². The molecule has 2 unspecified atom stereocenters. The monoisotopic (exact) mass is 320 g/mol. The number of ether oxygens (including phenoxy) is 2. The van der Waals surface area contributed by atoms with Crippen molar-refractivity contribution >= 4 is 5.78 Å². The number of benzene rings is 2. The van der Waals surface area contributed by atoms with E-state index < -0.39 is 11.7 Å². The Labute approximate surface area is 141 Å². The Balaban J connectivity index is 1.71. The van der Waals surface area contributed by atoms with Crippen LogP contribution in [-0.2, 0) is 16.0 Å². The van der Waals surface area contributed by atoms with Crippen LogP contribution in [0.3, 0.4) is 0 Å². The number of rotatable bonds is 5. The van der Waals surface area contributed by atoms with Crippen LogP contribution in [0.5, 0.6) is 5.75 Å². The smallest absolute Gasteiger partial charge is 0.201 e. The Morgan fingerprint density at radius 3 is 2.62 bits per heavy atom. The third-order valence-corrected chi connectivity index (χ3v) is 4.87. The lowest BCUT2D eigenvalue weighted by Crippen LogP contribution is -2.40. The molecule has 24 heavy (non-hydrogen) atoms. The second-order valence-electron chi connectivity index (χ2n) is 6.86. The first-order valence-electron chi connectivity index (χ1n) is 8.20. The van der Waals surface area contributed by atoms with Crippen LogP contribution in [0.2, 0.25) is 0 Å². The molecule has 0 amide bonds. The van der Waals surface area contributed by atoms with Crippen molar-refractivity contribution in [2.75, 3.05) is 6.61 Å². The van der Waals surface area contributed by atoms with E-state index in [9.17, 15) is 4.79 Å². The molecule has 0 bridgehead atoms.